The number of carboxylic acids is 1. The summed E-state index contributed by atoms with van der Waals surface area (Å²) in [4.78, 5) is 26.5. The Morgan fingerprint density at radius 3 is 2.50 bits per heavy atom. The summed E-state index contributed by atoms with van der Waals surface area (Å²) in [6, 6.07) is 8.39. The van der Waals surface area contributed by atoms with E-state index in [9.17, 15) is 18.0 Å². The lowest BCUT2D eigenvalue weighted by Crippen LogP contribution is -2.31. The second kappa shape index (κ2) is 5.94. The van der Waals surface area contributed by atoms with Crippen LogP contribution in [0.3, 0.4) is 0 Å². The summed E-state index contributed by atoms with van der Waals surface area (Å²) in [5.74, 6) is -2.23. The molecule has 0 aliphatic carbocycles. The van der Waals surface area contributed by atoms with E-state index in [1.54, 1.807) is 19.1 Å². The van der Waals surface area contributed by atoms with E-state index in [0.717, 1.165) is 12.3 Å². The summed E-state index contributed by atoms with van der Waals surface area (Å²) < 4.78 is 26.2. The molecule has 1 aromatic heterocycles. The number of nitrogens with zero attached hydrogens (tertiary/aromatic N) is 1. The summed E-state index contributed by atoms with van der Waals surface area (Å²) in [7, 11) is -4.06. The molecule has 0 spiro atoms. The Morgan fingerprint density at radius 2 is 1.86 bits per heavy atom. The van der Waals surface area contributed by atoms with Crippen molar-refractivity contribution in [3.05, 3.63) is 59.4 Å². The lowest BCUT2D eigenvalue weighted by molar-refractivity contribution is 0.0696. The van der Waals surface area contributed by atoms with E-state index in [0.29, 0.717) is 5.56 Å². The average molecular weight is 320 g/mol. The minimum absolute atomic E-state index is 0.0299. The van der Waals surface area contributed by atoms with Gasteiger partial charge >= 0.3 is 5.97 Å². The van der Waals surface area contributed by atoms with Crippen molar-refractivity contribution in [3.8, 4) is 0 Å². The van der Waals surface area contributed by atoms with Gasteiger partial charge in [-0.15, -0.1) is 0 Å². The van der Waals surface area contributed by atoms with E-state index >= 15 is 0 Å². The number of benzene rings is 1. The summed E-state index contributed by atoms with van der Waals surface area (Å²) >= 11 is 0. The van der Waals surface area contributed by atoms with Crippen LogP contribution < -0.4 is 4.72 Å². The Bertz CT molecular complexity index is 846. The van der Waals surface area contributed by atoms with Gasteiger partial charge < -0.3 is 5.11 Å². The largest absolute Gasteiger partial charge is 0.478 e. The lowest BCUT2D eigenvalue weighted by Gasteiger charge is -2.09. The molecule has 0 unspecified atom stereocenters. The normalized spacial score (nSPS) is 11.0. The zero-order chi connectivity index (χ0) is 16.3. The van der Waals surface area contributed by atoms with Gasteiger partial charge in [0.2, 0.25) is 0 Å². The van der Waals surface area contributed by atoms with Gasteiger partial charge in [0, 0.05) is 6.20 Å². The number of aromatic nitrogens is 1. The molecule has 0 saturated heterocycles. The molecule has 0 fully saturated rings. The zero-order valence-electron chi connectivity index (χ0n) is 11.5. The van der Waals surface area contributed by atoms with Crippen molar-refractivity contribution in [2.75, 3.05) is 0 Å². The Morgan fingerprint density at radius 1 is 1.18 bits per heavy atom. The highest BCUT2D eigenvalue weighted by atomic mass is 32.2. The number of nitrogens with one attached hydrogen (secondary N) is 1. The third-order valence-corrected chi connectivity index (χ3v) is 4.34. The topological polar surface area (TPSA) is 113 Å². The quantitative estimate of drug-likeness (QED) is 0.875. The fourth-order valence-electron chi connectivity index (χ4n) is 1.77. The monoisotopic (exact) mass is 320 g/mol. The van der Waals surface area contributed by atoms with Crippen molar-refractivity contribution < 1.29 is 23.1 Å². The number of hydrogen-bond donors (Lipinski definition) is 2. The van der Waals surface area contributed by atoms with Gasteiger partial charge in [-0.3, -0.25) is 9.78 Å². The van der Waals surface area contributed by atoms with Crippen LogP contribution in [-0.4, -0.2) is 30.4 Å². The van der Waals surface area contributed by atoms with Crippen molar-refractivity contribution in [3.63, 3.8) is 0 Å². The molecule has 0 aliphatic rings. The number of hydrogen-bond acceptors (Lipinski definition) is 5. The number of pyridine rings is 1. The molecule has 0 radical (unpaired) electrons. The third kappa shape index (κ3) is 3.29. The van der Waals surface area contributed by atoms with Crippen molar-refractivity contribution in [2.45, 2.75) is 11.8 Å². The second-order valence-electron chi connectivity index (χ2n) is 4.44. The van der Waals surface area contributed by atoms with Gasteiger partial charge in [-0.25, -0.2) is 17.9 Å². The first kappa shape index (κ1) is 15.6. The zero-order valence-corrected chi connectivity index (χ0v) is 12.3. The Hall–Kier alpha value is -2.74. The number of carboxylic acid groups (broad SMARTS) is 1. The Kier molecular flexibility index (Phi) is 4.22. The molecule has 0 bridgehead atoms. The number of carbonyl (C=O) groups excluding carboxylic acids is 1. The first-order chi connectivity index (χ1) is 10.3. The molecular formula is C14H12N2O5S. The molecule has 7 nitrogen and oxygen atoms in total. The summed E-state index contributed by atoms with van der Waals surface area (Å²) in [5.41, 5.74) is 0.0283. The van der Waals surface area contributed by atoms with Crippen LogP contribution in [-0.2, 0) is 10.0 Å². The first-order valence-corrected chi connectivity index (χ1v) is 7.62. The van der Waals surface area contributed by atoms with Crippen LogP contribution in [0.5, 0.6) is 0 Å². The van der Waals surface area contributed by atoms with Crippen LogP contribution in [0, 0.1) is 6.92 Å². The van der Waals surface area contributed by atoms with Crippen LogP contribution in [0.15, 0.2) is 47.5 Å². The summed E-state index contributed by atoms with van der Waals surface area (Å²) in [6.45, 7) is 1.60. The number of rotatable bonds is 4. The van der Waals surface area contributed by atoms with E-state index in [2.05, 4.69) is 4.98 Å². The number of amides is 1. The van der Waals surface area contributed by atoms with E-state index in [1.165, 1.54) is 18.2 Å². The van der Waals surface area contributed by atoms with Crippen molar-refractivity contribution in [2.24, 2.45) is 0 Å². The average Bonchev–Trinajstić information content (AvgIpc) is 2.47. The van der Waals surface area contributed by atoms with Crippen LogP contribution in [0.25, 0.3) is 0 Å². The molecule has 2 N–H and O–H groups in total. The molecule has 1 aromatic carbocycles. The number of sulfonamides is 1. The fraction of sp³-hybridized carbons (Fsp3) is 0.0714. The van der Waals surface area contributed by atoms with Gasteiger partial charge in [-0.1, -0.05) is 18.2 Å². The second-order valence-corrected chi connectivity index (χ2v) is 6.09. The van der Waals surface area contributed by atoms with Gasteiger partial charge in [-0.05, 0) is 30.7 Å². The molecule has 1 heterocycles. The highest BCUT2D eigenvalue weighted by Crippen LogP contribution is 2.14. The molecule has 2 aromatic rings. The Balaban J connectivity index is 2.31. The number of carbonyl (C=O) groups is 2. The van der Waals surface area contributed by atoms with Crippen molar-refractivity contribution >= 4 is 21.9 Å². The maximum absolute atomic E-state index is 12.2. The fourth-order valence-corrected chi connectivity index (χ4v) is 2.98. The predicted octanol–water partition coefficient (Wildman–Crippen LogP) is 1.21. The van der Waals surface area contributed by atoms with Crippen LogP contribution in [0.2, 0.25) is 0 Å². The minimum atomic E-state index is -4.06. The molecule has 22 heavy (non-hydrogen) atoms. The van der Waals surface area contributed by atoms with Gasteiger partial charge in [0.1, 0.15) is 5.69 Å². The molecule has 0 atom stereocenters. The molecule has 2 rings (SSSR count). The maximum Gasteiger partial charge on any atom is 0.335 e. The molecule has 1 amide bonds. The predicted molar refractivity (Wildman–Crippen MR) is 77.0 cm³/mol. The van der Waals surface area contributed by atoms with E-state index < -0.39 is 21.9 Å². The highest BCUT2D eigenvalue weighted by molar-refractivity contribution is 7.90. The molecule has 0 aliphatic heterocycles. The molecule has 114 valence electrons. The van der Waals surface area contributed by atoms with Gasteiger partial charge in [0.15, 0.2) is 0 Å². The van der Waals surface area contributed by atoms with E-state index in [1.807, 2.05) is 4.72 Å². The number of aryl methyl sites for hydroxylation is 1. The van der Waals surface area contributed by atoms with Gasteiger partial charge in [0.05, 0.1) is 10.5 Å². The van der Waals surface area contributed by atoms with Crippen LogP contribution in [0.1, 0.15) is 26.4 Å². The molecule has 0 saturated carbocycles. The van der Waals surface area contributed by atoms with E-state index in [4.69, 9.17) is 5.11 Å². The number of aromatic carboxylic acids is 1. The SMILES string of the molecule is Cc1ccccc1S(=O)(=O)NC(=O)c1cc(C(=O)O)ccn1. The summed E-state index contributed by atoms with van der Waals surface area (Å²) in [6.07, 6.45) is 1.12. The highest BCUT2D eigenvalue weighted by Gasteiger charge is 2.21. The molecular weight excluding hydrogens is 308 g/mol. The molecule has 8 heteroatoms. The van der Waals surface area contributed by atoms with Gasteiger partial charge in [0.25, 0.3) is 15.9 Å². The lowest BCUT2D eigenvalue weighted by atomic mass is 10.2. The van der Waals surface area contributed by atoms with E-state index in [-0.39, 0.29) is 16.2 Å². The third-order valence-electron chi connectivity index (χ3n) is 2.85. The van der Waals surface area contributed by atoms with Crippen molar-refractivity contribution in [1.29, 1.82) is 0 Å². The Labute approximate surface area is 126 Å². The standard InChI is InChI=1S/C14H12N2O5S/c1-9-4-2-3-5-12(9)22(20,21)16-13(17)11-8-10(14(18)19)6-7-15-11/h2-8H,1H3,(H,16,17)(H,18,19). The minimum Gasteiger partial charge on any atom is -0.478 e. The van der Waals surface area contributed by atoms with Crippen LogP contribution >= 0.6 is 0 Å². The van der Waals surface area contributed by atoms with Crippen molar-refractivity contribution in [1.82, 2.24) is 9.71 Å². The summed E-state index contributed by atoms with van der Waals surface area (Å²) in [5, 5.41) is 8.86. The first-order valence-electron chi connectivity index (χ1n) is 6.13. The van der Waals surface area contributed by atoms with Crippen LogP contribution in [0.4, 0.5) is 0 Å². The maximum atomic E-state index is 12.2. The van der Waals surface area contributed by atoms with Gasteiger partial charge in [-0.2, -0.15) is 0 Å². The smallest absolute Gasteiger partial charge is 0.335 e.